The van der Waals surface area contributed by atoms with Gasteiger partial charge in [0.2, 0.25) is 0 Å². The molecule has 28 heavy (non-hydrogen) atoms. The SMILES string of the molecule is O=C(Nc1ccccc1)C1CN(S(=O)(=O)c2ccccc2)c2ccccc2O1. The number of hydrogen-bond acceptors (Lipinski definition) is 4. The van der Waals surface area contributed by atoms with Gasteiger partial charge in [-0.25, -0.2) is 8.42 Å². The number of anilines is 2. The summed E-state index contributed by atoms with van der Waals surface area (Å²) in [6.45, 7) is -0.118. The first-order valence-electron chi connectivity index (χ1n) is 8.75. The summed E-state index contributed by atoms with van der Waals surface area (Å²) < 4.78 is 33.5. The molecule has 1 N–H and O–H groups in total. The van der Waals surface area contributed by atoms with Crippen LogP contribution in [0.25, 0.3) is 0 Å². The third kappa shape index (κ3) is 3.44. The Morgan fingerprint density at radius 1 is 0.893 bits per heavy atom. The van der Waals surface area contributed by atoms with Crippen molar-refractivity contribution in [2.45, 2.75) is 11.0 Å². The molecule has 1 aliphatic heterocycles. The van der Waals surface area contributed by atoms with Crippen molar-refractivity contribution >= 4 is 27.3 Å². The molecule has 1 unspecified atom stereocenters. The van der Waals surface area contributed by atoms with Crippen molar-refractivity contribution < 1.29 is 17.9 Å². The molecule has 1 atom stereocenters. The largest absolute Gasteiger partial charge is 0.476 e. The van der Waals surface area contributed by atoms with Gasteiger partial charge in [0.25, 0.3) is 15.9 Å². The minimum absolute atomic E-state index is 0.118. The van der Waals surface area contributed by atoms with Crippen LogP contribution in [-0.2, 0) is 14.8 Å². The Labute approximate surface area is 163 Å². The molecule has 6 nitrogen and oxygen atoms in total. The monoisotopic (exact) mass is 394 g/mol. The highest BCUT2D eigenvalue weighted by atomic mass is 32.2. The summed E-state index contributed by atoms with van der Waals surface area (Å²) in [5, 5.41) is 2.77. The summed E-state index contributed by atoms with van der Waals surface area (Å²) in [7, 11) is -3.84. The quantitative estimate of drug-likeness (QED) is 0.737. The summed E-state index contributed by atoms with van der Waals surface area (Å²) in [6.07, 6.45) is -0.978. The van der Waals surface area contributed by atoms with Gasteiger partial charge < -0.3 is 10.1 Å². The van der Waals surface area contributed by atoms with Gasteiger partial charge in [0.1, 0.15) is 5.75 Å². The molecule has 0 fully saturated rings. The molecule has 0 saturated carbocycles. The molecule has 142 valence electrons. The summed E-state index contributed by atoms with van der Waals surface area (Å²) in [5.74, 6) is -0.0598. The molecule has 4 rings (SSSR count). The number of fused-ring (bicyclic) bond motifs is 1. The van der Waals surface area contributed by atoms with Crippen molar-refractivity contribution in [3.8, 4) is 5.75 Å². The van der Waals surface area contributed by atoms with Crippen molar-refractivity contribution in [3.05, 3.63) is 84.9 Å². The zero-order valence-corrected chi connectivity index (χ0v) is 15.7. The van der Waals surface area contributed by atoms with Crippen LogP contribution < -0.4 is 14.4 Å². The van der Waals surface area contributed by atoms with Gasteiger partial charge in [0, 0.05) is 5.69 Å². The second-order valence-electron chi connectivity index (χ2n) is 6.28. The lowest BCUT2D eigenvalue weighted by atomic mass is 10.2. The molecule has 1 aliphatic rings. The van der Waals surface area contributed by atoms with Gasteiger partial charge in [-0.1, -0.05) is 48.5 Å². The fraction of sp³-hybridized carbons (Fsp3) is 0.0952. The van der Waals surface area contributed by atoms with Gasteiger partial charge in [-0.2, -0.15) is 0 Å². The lowest BCUT2D eigenvalue weighted by molar-refractivity contribution is -0.122. The van der Waals surface area contributed by atoms with Crippen LogP contribution in [-0.4, -0.2) is 27.0 Å². The third-order valence-corrected chi connectivity index (χ3v) is 6.19. The Balaban J connectivity index is 1.68. The average molecular weight is 394 g/mol. The smallest absolute Gasteiger partial charge is 0.267 e. The number of rotatable bonds is 4. The zero-order chi connectivity index (χ0) is 19.6. The van der Waals surface area contributed by atoms with Crippen molar-refractivity contribution in [1.29, 1.82) is 0 Å². The third-order valence-electron chi connectivity index (χ3n) is 4.40. The Hall–Kier alpha value is -3.32. The first-order valence-corrected chi connectivity index (χ1v) is 10.2. The van der Waals surface area contributed by atoms with Gasteiger partial charge in [-0.3, -0.25) is 9.10 Å². The van der Waals surface area contributed by atoms with Crippen LogP contribution in [0.15, 0.2) is 89.8 Å². The predicted molar refractivity (Wildman–Crippen MR) is 107 cm³/mol. The summed E-state index contributed by atoms with van der Waals surface area (Å²) in [5.41, 5.74) is 1.03. The van der Waals surface area contributed by atoms with E-state index in [9.17, 15) is 13.2 Å². The molecule has 0 aliphatic carbocycles. The van der Waals surface area contributed by atoms with Crippen LogP contribution in [0.3, 0.4) is 0 Å². The van der Waals surface area contributed by atoms with E-state index >= 15 is 0 Å². The number of amides is 1. The van der Waals surface area contributed by atoms with Crippen molar-refractivity contribution in [1.82, 2.24) is 0 Å². The fourth-order valence-electron chi connectivity index (χ4n) is 3.03. The molecule has 0 aromatic heterocycles. The molecule has 0 saturated heterocycles. The van der Waals surface area contributed by atoms with E-state index < -0.39 is 22.0 Å². The molecule has 1 heterocycles. The molecule has 0 spiro atoms. The van der Waals surface area contributed by atoms with E-state index in [2.05, 4.69) is 5.32 Å². The number of nitrogens with zero attached hydrogens (tertiary/aromatic N) is 1. The maximum Gasteiger partial charge on any atom is 0.267 e. The number of carbonyl (C=O) groups is 1. The Morgan fingerprint density at radius 2 is 1.50 bits per heavy atom. The highest BCUT2D eigenvalue weighted by molar-refractivity contribution is 7.92. The van der Waals surface area contributed by atoms with Crippen LogP contribution in [0.1, 0.15) is 0 Å². The predicted octanol–water partition coefficient (Wildman–Crippen LogP) is 3.28. The van der Waals surface area contributed by atoms with Crippen LogP contribution in [0.4, 0.5) is 11.4 Å². The standard InChI is InChI=1S/C21H18N2O4S/c24-21(22-16-9-3-1-4-10-16)20-15-23(18-13-7-8-14-19(18)27-20)28(25,26)17-11-5-2-6-12-17/h1-14,20H,15H2,(H,22,24). The number of hydrogen-bond donors (Lipinski definition) is 1. The highest BCUT2D eigenvalue weighted by Gasteiger charge is 2.37. The number of ether oxygens (including phenoxy) is 1. The van der Waals surface area contributed by atoms with Crippen LogP contribution in [0.2, 0.25) is 0 Å². The fourth-order valence-corrected chi connectivity index (χ4v) is 4.53. The number of nitrogens with one attached hydrogen (secondary N) is 1. The Morgan fingerprint density at radius 3 is 2.21 bits per heavy atom. The molecule has 3 aromatic carbocycles. The summed E-state index contributed by atoms with van der Waals surface area (Å²) >= 11 is 0. The van der Waals surface area contributed by atoms with Crippen molar-refractivity contribution in [3.63, 3.8) is 0 Å². The van der Waals surface area contributed by atoms with Crippen molar-refractivity contribution in [2.24, 2.45) is 0 Å². The summed E-state index contributed by atoms with van der Waals surface area (Å²) in [4.78, 5) is 12.9. The van der Waals surface area contributed by atoms with E-state index in [0.29, 0.717) is 17.1 Å². The number of benzene rings is 3. The second-order valence-corrected chi connectivity index (χ2v) is 8.14. The Bertz CT molecular complexity index is 1090. The van der Waals surface area contributed by atoms with Gasteiger partial charge >= 0.3 is 0 Å². The van der Waals surface area contributed by atoms with Crippen LogP contribution >= 0.6 is 0 Å². The molecule has 0 bridgehead atoms. The van der Waals surface area contributed by atoms with E-state index in [1.54, 1.807) is 66.7 Å². The van der Waals surface area contributed by atoms with E-state index in [0.717, 1.165) is 0 Å². The molecule has 7 heteroatoms. The molecular weight excluding hydrogens is 376 g/mol. The molecule has 1 amide bonds. The average Bonchev–Trinajstić information content (AvgIpc) is 2.74. The van der Waals surface area contributed by atoms with Crippen LogP contribution in [0, 0.1) is 0 Å². The number of carbonyl (C=O) groups excluding carboxylic acids is 1. The van der Waals surface area contributed by atoms with E-state index in [4.69, 9.17) is 4.74 Å². The van der Waals surface area contributed by atoms with E-state index in [1.807, 2.05) is 6.07 Å². The van der Waals surface area contributed by atoms with Crippen LogP contribution in [0.5, 0.6) is 5.75 Å². The van der Waals surface area contributed by atoms with E-state index in [-0.39, 0.29) is 11.4 Å². The summed E-state index contributed by atoms with van der Waals surface area (Å²) in [6, 6.07) is 23.9. The number of para-hydroxylation sites is 3. The van der Waals surface area contributed by atoms with E-state index in [1.165, 1.54) is 16.4 Å². The minimum Gasteiger partial charge on any atom is -0.476 e. The first-order chi connectivity index (χ1) is 13.6. The lowest BCUT2D eigenvalue weighted by Crippen LogP contribution is -2.48. The lowest BCUT2D eigenvalue weighted by Gasteiger charge is -2.34. The highest BCUT2D eigenvalue weighted by Crippen LogP contribution is 2.36. The molecular formula is C21H18N2O4S. The minimum atomic E-state index is -3.84. The maximum atomic E-state index is 13.2. The Kier molecular flexibility index (Phi) is 4.75. The van der Waals surface area contributed by atoms with Crippen molar-refractivity contribution in [2.75, 3.05) is 16.2 Å². The number of sulfonamides is 1. The maximum absolute atomic E-state index is 13.2. The topological polar surface area (TPSA) is 75.7 Å². The molecule has 0 radical (unpaired) electrons. The molecule has 3 aromatic rings. The second kappa shape index (κ2) is 7.36. The van der Waals surface area contributed by atoms with Gasteiger partial charge in [-0.15, -0.1) is 0 Å². The normalized spacial score (nSPS) is 16.0. The first kappa shape index (κ1) is 18.1. The van der Waals surface area contributed by atoms with Gasteiger partial charge in [0.15, 0.2) is 6.10 Å². The zero-order valence-electron chi connectivity index (χ0n) is 14.9. The van der Waals surface area contributed by atoms with Gasteiger partial charge in [0.05, 0.1) is 17.1 Å². The van der Waals surface area contributed by atoms with Gasteiger partial charge in [-0.05, 0) is 36.4 Å².